The summed E-state index contributed by atoms with van der Waals surface area (Å²) in [4.78, 5) is 60.0. The largest absolute Gasteiger partial charge is 0.477 e. The number of hydrogen-bond acceptors (Lipinski definition) is 8. The highest BCUT2D eigenvalue weighted by molar-refractivity contribution is 7.18. The average molecular weight is 481 g/mol. The lowest BCUT2D eigenvalue weighted by atomic mass is 9.77. The summed E-state index contributed by atoms with van der Waals surface area (Å²) in [7, 11) is 0. The molecule has 3 aromatic rings. The second-order valence-corrected chi connectivity index (χ2v) is 9.34. The van der Waals surface area contributed by atoms with Crippen molar-refractivity contribution in [1.29, 1.82) is 0 Å². The zero-order chi connectivity index (χ0) is 24.5. The Morgan fingerprint density at radius 1 is 1.29 bits per heavy atom. The highest BCUT2D eigenvalue weighted by Crippen LogP contribution is 2.51. The molecule has 4 atom stereocenters. The Labute approximate surface area is 196 Å². The van der Waals surface area contributed by atoms with E-state index >= 15 is 0 Å². The molecule has 174 valence electrons. The molecule has 5 rings (SSSR count). The molecule has 0 aromatic carbocycles. The molecule has 5 heterocycles. The molecular formula is C22H19N5O6S. The third kappa shape index (κ3) is 2.92. The van der Waals surface area contributed by atoms with Crippen LogP contribution in [0.2, 0.25) is 0 Å². The maximum atomic E-state index is 13.1. The van der Waals surface area contributed by atoms with Crippen LogP contribution in [0, 0.1) is 11.8 Å². The van der Waals surface area contributed by atoms with E-state index < -0.39 is 47.5 Å². The fourth-order valence-corrected chi connectivity index (χ4v) is 6.09. The number of hydrogen-bond donors (Lipinski definition) is 3. The Morgan fingerprint density at radius 3 is 2.62 bits per heavy atom. The molecule has 1 fully saturated rings. The zero-order valence-corrected chi connectivity index (χ0v) is 18.8. The van der Waals surface area contributed by atoms with Gasteiger partial charge >= 0.3 is 5.97 Å². The third-order valence-corrected chi connectivity index (χ3v) is 7.45. The summed E-state index contributed by atoms with van der Waals surface area (Å²) in [6, 6.07) is 2.66. The first kappa shape index (κ1) is 21.9. The lowest BCUT2D eigenvalue weighted by Gasteiger charge is -2.46. The van der Waals surface area contributed by atoms with Gasteiger partial charge in [0.15, 0.2) is 0 Å². The van der Waals surface area contributed by atoms with Gasteiger partial charge in [-0.2, -0.15) is 0 Å². The Balaban J connectivity index is 1.68. The number of carbonyl (C=O) groups is 4. The van der Waals surface area contributed by atoms with Crippen molar-refractivity contribution in [2.24, 2.45) is 17.6 Å². The Bertz CT molecular complexity index is 1420. The van der Waals surface area contributed by atoms with Crippen molar-refractivity contribution in [3.05, 3.63) is 58.4 Å². The van der Waals surface area contributed by atoms with E-state index in [9.17, 15) is 29.4 Å². The van der Waals surface area contributed by atoms with Crippen molar-refractivity contribution in [3.63, 3.8) is 0 Å². The zero-order valence-electron chi connectivity index (χ0n) is 18.0. The van der Waals surface area contributed by atoms with Crippen molar-refractivity contribution in [1.82, 2.24) is 19.3 Å². The number of ketones is 1. The normalized spacial score (nSPS) is 22.6. The molecule has 0 spiro atoms. The van der Waals surface area contributed by atoms with Crippen molar-refractivity contribution in [2.45, 2.75) is 26.0 Å². The number of nitrogens with two attached hydrogens (primary N) is 1. The van der Waals surface area contributed by atoms with Gasteiger partial charge in [-0.15, -0.1) is 11.3 Å². The van der Waals surface area contributed by atoms with Crippen LogP contribution in [-0.4, -0.2) is 65.2 Å². The van der Waals surface area contributed by atoms with E-state index in [1.54, 1.807) is 19.1 Å². The molecule has 2 aliphatic rings. The molecule has 2 amide bonds. The van der Waals surface area contributed by atoms with E-state index in [-0.39, 0.29) is 22.8 Å². The van der Waals surface area contributed by atoms with Crippen LogP contribution in [0.4, 0.5) is 0 Å². The Kier molecular flexibility index (Phi) is 4.88. The number of fused-ring (bicyclic) bond motifs is 2. The monoisotopic (exact) mass is 481 g/mol. The van der Waals surface area contributed by atoms with Gasteiger partial charge in [0.25, 0.3) is 5.91 Å². The van der Waals surface area contributed by atoms with Crippen LogP contribution in [0.3, 0.4) is 0 Å². The van der Waals surface area contributed by atoms with Crippen LogP contribution in [-0.2, 0) is 9.59 Å². The van der Waals surface area contributed by atoms with Gasteiger partial charge < -0.3 is 20.8 Å². The number of β-lactam (4-membered cyclic amide) rings is 1. The van der Waals surface area contributed by atoms with E-state index in [1.165, 1.54) is 34.8 Å². The van der Waals surface area contributed by atoms with Crippen LogP contribution in [0.1, 0.15) is 45.4 Å². The fraction of sp³-hybridized carbons (Fsp3) is 0.273. The summed E-state index contributed by atoms with van der Waals surface area (Å²) in [5.74, 6) is -4.34. The highest BCUT2D eigenvalue weighted by Gasteiger charge is 2.60. The number of primary amides is 1. The first-order valence-electron chi connectivity index (χ1n) is 10.4. The van der Waals surface area contributed by atoms with Gasteiger partial charge in [-0.1, -0.05) is 6.92 Å². The van der Waals surface area contributed by atoms with Crippen LogP contribution >= 0.6 is 11.3 Å². The summed E-state index contributed by atoms with van der Waals surface area (Å²) in [5.41, 5.74) is 5.97. The van der Waals surface area contributed by atoms with Gasteiger partial charge in [0.05, 0.1) is 22.9 Å². The SMILES string of the molecule is C[C@@H](O)[C@H]1C(=O)N2C(C(=O)O)=C(c3cn4c(C(N)=O)nc(C(=O)c5cccnc5)c4s3)[C@H](C)[C@H]12. The van der Waals surface area contributed by atoms with Crippen molar-refractivity contribution in [3.8, 4) is 0 Å². The molecule has 12 heteroatoms. The lowest BCUT2D eigenvalue weighted by molar-refractivity contribution is -0.163. The number of carbonyl (C=O) groups excluding carboxylic acids is 3. The first-order chi connectivity index (χ1) is 16.1. The van der Waals surface area contributed by atoms with E-state index in [1.807, 2.05) is 0 Å². The maximum absolute atomic E-state index is 13.1. The molecule has 4 N–H and O–H groups in total. The molecule has 34 heavy (non-hydrogen) atoms. The van der Waals surface area contributed by atoms with Crippen LogP contribution in [0.5, 0.6) is 0 Å². The number of rotatable bonds is 6. The van der Waals surface area contributed by atoms with Crippen LogP contribution < -0.4 is 5.73 Å². The fourth-order valence-electron chi connectivity index (χ4n) is 4.86. The number of thiazole rings is 1. The van der Waals surface area contributed by atoms with Gasteiger partial charge in [-0.25, -0.2) is 9.78 Å². The average Bonchev–Trinajstić information content (AvgIpc) is 3.42. The smallest absolute Gasteiger partial charge is 0.352 e. The third-order valence-electron chi connectivity index (χ3n) is 6.32. The number of aliphatic carboxylic acids is 1. The lowest BCUT2D eigenvalue weighted by Crippen LogP contribution is -2.63. The van der Waals surface area contributed by atoms with E-state index in [0.29, 0.717) is 15.3 Å². The van der Waals surface area contributed by atoms with Crippen LogP contribution in [0.15, 0.2) is 36.4 Å². The number of aromatic nitrogens is 3. The molecule has 0 saturated carbocycles. The minimum atomic E-state index is -1.28. The van der Waals surface area contributed by atoms with Crippen molar-refractivity contribution < 1.29 is 29.4 Å². The van der Waals surface area contributed by atoms with Crippen LogP contribution in [0.25, 0.3) is 10.4 Å². The van der Waals surface area contributed by atoms with Gasteiger partial charge in [-0.3, -0.25) is 23.8 Å². The molecule has 11 nitrogen and oxygen atoms in total. The summed E-state index contributed by atoms with van der Waals surface area (Å²) in [5, 5.41) is 20.0. The molecule has 0 radical (unpaired) electrons. The number of pyridine rings is 1. The molecule has 2 aliphatic heterocycles. The van der Waals surface area contributed by atoms with Gasteiger partial charge in [0.1, 0.15) is 16.2 Å². The number of carboxylic acids is 1. The van der Waals surface area contributed by atoms with Gasteiger partial charge in [0.2, 0.25) is 17.5 Å². The number of amides is 2. The molecule has 3 aromatic heterocycles. The van der Waals surface area contributed by atoms with E-state index in [4.69, 9.17) is 5.73 Å². The minimum absolute atomic E-state index is 0.0117. The predicted octanol–water partition coefficient (Wildman–Crippen LogP) is 0.774. The van der Waals surface area contributed by atoms with E-state index in [2.05, 4.69) is 9.97 Å². The number of nitrogens with zero attached hydrogens (tertiary/aromatic N) is 4. The van der Waals surface area contributed by atoms with Crippen molar-refractivity contribution in [2.75, 3.05) is 0 Å². The summed E-state index contributed by atoms with van der Waals surface area (Å²) in [6.07, 6.45) is 3.47. The molecule has 0 aliphatic carbocycles. The summed E-state index contributed by atoms with van der Waals surface area (Å²) < 4.78 is 1.37. The quantitative estimate of drug-likeness (QED) is 0.343. The minimum Gasteiger partial charge on any atom is -0.477 e. The first-order valence-corrected chi connectivity index (χ1v) is 11.2. The topological polar surface area (TPSA) is 168 Å². The number of carboxylic acid groups (broad SMARTS) is 1. The Morgan fingerprint density at radius 2 is 2.03 bits per heavy atom. The maximum Gasteiger partial charge on any atom is 0.352 e. The van der Waals surface area contributed by atoms with Gasteiger partial charge in [0, 0.05) is 35.6 Å². The highest BCUT2D eigenvalue weighted by atomic mass is 32.1. The van der Waals surface area contributed by atoms with Crippen molar-refractivity contribution >= 4 is 45.3 Å². The molecular weight excluding hydrogens is 462 g/mol. The standard InChI is InChI=1S/C22H19N5O6S/c1-8-12(16(22(32)33)27-15(8)13(9(2)28)20(27)31)11-7-26-19(18(23)30)25-14(21(26)34-11)17(29)10-4-3-5-24-6-10/h3-9,13,15,28H,1-2H3,(H2,23,30)(H,32,33)/t8-,9+,13+,15+/m0/s1. The summed E-state index contributed by atoms with van der Waals surface area (Å²) in [6.45, 7) is 3.29. The second kappa shape index (κ2) is 7.57. The Hall–Kier alpha value is -3.90. The molecule has 0 unspecified atom stereocenters. The predicted molar refractivity (Wildman–Crippen MR) is 119 cm³/mol. The summed E-state index contributed by atoms with van der Waals surface area (Å²) >= 11 is 1.08. The molecule has 0 bridgehead atoms. The number of aliphatic hydroxyl groups is 1. The second-order valence-electron chi connectivity index (χ2n) is 8.31. The van der Waals surface area contributed by atoms with E-state index in [0.717, 1.165) is 11.3 Å². The molecule has 1 saturated heterocycles. The number of aliphatic hydroxyl groups excluding tert-OH is 1. The number of imidazole rings is 1. The van der Waals surface area contributed by atoms with Gasteiger partial charge in [-0.05, 0) is 19.1 Å².